The van der Waals surface area contributed by atoms with Crippen LogP contribution in [0.4, 0.5) is 0 Å². The van der Waals surface area contributed by atoms with E-state index in [1.165, 1.54) is 0 Å². The average Bonchev–Trinajstić information content (AvgIpc) is 3.14. The van der Waals surface area contributed by atoms with Crippen molar-refractivity contribution in [3.63, 3.8) is 0 Å². The van der Waals surface area contributed by atoms with Gasteiger partial charge in [-0.2, -0.15) is 0 Å². The molecule has 0 radical (unpaired) electrons. The molecule has 0 aromatic heterocycles. The lowest BCUT2D eigenvalue weighted by atomic mass is 9.90. The van der Waals surface area contributed by atoms with Gasteiger partial charge in [-0.25, -0.2) is 9.59 Å². The Bertz CT molecular complexity index is 485. The second-order valence-corrected chi connectivity index (χ2v) is 8.67. The largest absolute Gasteiger partial charge is 0.462 e. The maximum absolute atomic E-state index is 12.9. The van der Waals surface area contributed by atoms with Crippen molar-refractivity contribution in [2.75, 3.05) is 13.2 Å². The van der Waals surface area contributed by atoms with Crippen LogP contribution in [0.1, 0.15) is 92.4 Å². The molecule has 0 bridgehead atoms. The molecule has 1 rings (SSSR count). The Morgan fingerprint density at radius 1 is 0.852 bits per heavy atom. The van der Waals surface area contributed by atoms with Crippen LogP contribution in [0.3, 0.4) is 0 Å². The SMILES string of the molecule is CCCCCCC(C(=O)OCC(C)C)=C(C(=O)OCC(C)C)C1CCCC1. The zero-order valence-corrected chi connectivity index (χ0v) is 18.1. The lowest BCUT2D eigenvalue weighted by molar-refractivity contribution is -0.144. The maximum Gasteiger partial charge on any atom is 0.334 e. The molecule has 1 fully saturated rings. The fraction of sp³-hybridized carbons (Fsp3) is 0.826. The zero-order valence-electron chi connectivity index (χ0n) is 18.1. The highest BCUT2D eigenvalue weighted by Crippen LogP contribution is 2.35. The van der Waals surface area contributed by atoms with Gasteiger partial charge in [0, 0.05) is 5.57 Å². The number of ether oxygens (including phenoxy) is 2. The Kier molecular flexibility index (Phi) is 11.4. The average molecular weight is 381 g/mol. The van der Waals surface area contributed by atoms with Gasteiger partial charge in [0.05, 0.1) is 18.8 Å². The van der Waals surface area contributed by atoms with E-state index in [-0.39, 0.29) is 29.7 Å². The van der Waals surface area contributed by atoms with Crippen LogP contribution in [0.2, 0.25) is 0 Å². The number of carbonyl (C=O) groups excluding carboxylic acids is 2. The molecular formula is C23H40O4. The Morgan fingerprint density at radius 2 is 1.41 bits per heavy atom. The summed E-state index contributed by atoms with van der Waals surface area (Å²) in [6.45, 7) is 11.0. The predicted octanol–water partition coefficient (Wildman–Crippen LogP) is 5.84. The highest BCUT2D eigenvalue weighted by Gasteiger charge is 2.31. The summed E-state index contributed by atoms with van der Waals surface area (Å²) >= 11 is 0. The van der Waals surface area contributed by atoms with Gasteiger partial charge in [0.15, 0.2) is 0 Å². The van der Waals surface area contributed by atoms with Crippen LogP contribution >= 0.6 is 0 Å². The van der Waals surface area contributed by atoms with Gasteiger partial charge in [0.2, 0.25) is 0 Å². The lowest BCUT2D eigenvalue weighted by Gasteiger charge is -2.20. The molecule has 0 amide bonds. The molecule has 0 aromatic rings. The summed E-state index contributed by atoms with van der Waals surface area (Å²) in [4.78, 5) is 25.8. The minimum Gasteiger partial charge on any atom is -0.462 e. The van der Waals surface area contributed by atoms with E-state index in [4.69, 9.17) is 9.47 Å². The van der Waals surface area contributed by atoms with Gasteiger partial charge >= 0.3 is 11.9 Å². The van der Waals surface area contributed by atoms with E-state index >= 15 is 0 Å². The third kappa shape index (κ3) is 8.94. The maximum atomic E-state index is 12.9. The molecular weight excluding hydrogens is 340 g/mol. The molecule has 0 aromatic carbocycles. The van der Waals surface area contributed by atoms with Crippen molar-refractivity contribution >= 4 is 11.9 Å². The molecule has 0 aliphatic heterocycles. The molecule has 156 valence electrons. The normalized spacial score (nSPS) is 16.0. The second-order valence-electron chi connectivity index (χ2n) is 8.67. The summed E-state index contributed by atoms with van der Waals surface area (Å²) in [7, 11) is 0. The first kappa shape index (κ1) is 23.7. The molecule has 0 unspecified atom stereocenters. The van der Waals surface area contributed by atoms with Gasteiger partial charge < -0.3 is 9.47 Å². The summed E-state index contributed by atoms with van der Waals surface area (Å²) in [5, 5.41) is 0. The molecule has 27 heavy (non-hydrogen) atoms. The third-order valence-corrected chi connectivity index (χ3v) is 4.93. The highest BCUT2D eigenvalue weighted by molar-refractivity contribution is 6.00. The van der Waals surface area contributed by atoms with Crippen LogP contribution in [0.5, 0.6) is 0 Å². The van der Waals surface area contributed by atoms with E-state index in [1.54, 1.807) is 0 Å². The summed E-state index contributed by atoms with van der Waals surface area (Å²) in [6.07, 6.45) is 9.01. The Labute approximate surface area is 166 Å². The van der Waals surface area contributed by atoms with Crippen molar-refractivity contribution < 1.29 is 19.1 Å². The zero-order chi connectivity index (χ0) is 20.2. The number of carbonyl (C=O) groups is 2. The fourth-order valence-electron chi connectivity index (χ4n) is 3.48. The first-order valence-electron chi connectivity index (χ1n) is 10.9. The predicted molar refractivity (Wildman–Crippen MR) is 109 cm³/mol. The molecule has 0 heterocycles. The van der Waals surface area contributed by atoms with Crippen molar-refractivity contribution in [2.24, 2.45) is 17.8 Å². The Morgan fingerprint density at radius 3 is 1.93 bits per heavy atom. The van der Waals surface area contributed by atoms with Crippen LogP contribution in [-0.4, -0.2) is 25.2 Å². The molecule has 0 atom stereocenters. The van der Waals surface area contributed by atoms with Crippen molar-refractivity contribution in [1.82, 2.24) is 0 Å². The van der Waals surface area contributed by atoms with Gasteiger partial charge in [-0.05, 0) is 43.4 Å². The number of esters is 2. The minimum absolute atomic E-state index is 0.137. The molecule has 1 aliphatic carbocycles. The van der Waals surface area contributed by atoms with Crippen LogP contribution in [0, 0.1) is 17.8 Å². The van der Waals surface area contributed by atoms with E-state index in [9.17, 15) is 9.59 Å². The van der Waals surface area contributed by atoms with Gasteiger partial charge in [0.1, 0.15) is 0 Å². The third-order valence-electron chi connectivity index (χ3n) is 4.93. The summed E-state index contributed by atoms with van der Waals surface area (Å²) in [6, 6.07) is 0. The molecule has 0 spiro atoms. The summed E-state index contributed by atoms with van der Waals surface area (Å²) < 4.78 is 11.1. The van der Waals surface area contributed by atoms with Crippen LogP contribution in [-0.2, 0) is 19.1 Å². The van der Waals surface area contributed by atoms with E-state index in [2.05, 4.69) is 6.92 Å². The number of rotatable bonds is 12. The smallest absolute Gasteiger partial charge is 0.334 e. The molecule has 1 saturated carbocycles. The number of hydrogen-bond donors (Lipinski definition) is 0. The molecule has 4 heteroatoms. The molecule has 4 nitrogen and oxygen atoms in total. The van der Waals surface area contributed by atoms with E-state index in [1.807, 2.05) is 27.7 Å². The quantitative estimate of drug-likeness (QED) is 0.242. The van der Waals surface area contributed by atoms with Gasteiger partial charge in [0.25, 0.3) is 0 Å². The van der Waals surface area contributed by atoms with Gasteiger partial charge in [-0.1, -0.05) is 66.7 Å². The van der Waals surface area contributed by atoms with Gasteiger partial charge in [-0.3, -0.25) is 0 Å². The number of hydrogen-bond acceptors (Lipinski definition) is 4. The highest BCUT2D eigenvalue weighted by atomic mass is 16.5. The topological polar surface area (TPSA) is 52.6 Å². The van der Waals surface area contributed by atoms with E-state index in [0.29, 0.717) is 30.8 Å². The minimum atomic E-state index is -0.316. The molecule has 0 saturated heterocycles. The number of unbranched alkanes of at least 4 members (excludes halogenated alkanes) is 3. The van der Waals surface area contributed by atoms with Crippen LogP contribution in [0.15, 0.2) is 11.1 Å². The second kappa shape index (κ2) is 13.0. The lowest BCUT2D eigenvalue weighted by Crippen LogP contribution is -2.23. The van der Waals surface area contributed by atoms with E-state index in [0.717, 1.165) is 51.4 Å². The fourth-order valence-corrected chi connectivity index (χ4v) is 3.48. The van der Waals surface area contributed by atoms with Crippen molar-refractivity contribution in [2.45, 2.75) is 92.4 Å². The Hall–Kier alpha value is -1.32. The van der Waals surface area contributed by atoms with Crippen LogP contribution < -0.4 is 0 Å². The van der Waals surface area contributed by atoms with Crippen molar-refractivity contribution in [3.05, 3.63) is 11.1 Å². The summed E-state index contributed by atoms with van der Waals surface area (Å²) in [5.74, 6) is 0.0708. The first-order chi connectivity index (χ1) is 12.9. The van der Waals surface area contributed by atoms with E-state index < -0.39 is 0 Å². The van der Waals surface area contributed by atoms with Gasteiger partial charge in [-0.15, -0.1) is 0 Å². The monoisotopic (exact) mass is 380 g/mol. The van der Waals surface area contributed by atoms with Crippen molar-refractivity contribution in [3.8, 4) is 0 Å². The Balaban J connectivity index is 3.08. The standard InChI is InChI=1S/C23H40O4/c1-6-7-8-9-14-20(22(24)26-15-17(2)3)21(19-12-10-11-13-19)23(25)27-16-18(4)5/h17-19H,6-16H2,1-5H3. The first-order valence-corrected chi connectivity index (χ1v) is 10.9. The van der Waals surface area contributed by atoms with Crippen molar-refractivity contribution in [1.29, 1.82) is 0 Å². The molecule has 1 aliphatic rings. The summed E-state index contributed by atoms with van der Waals surface area (Å²) in [5.41, 5.74) is 1.19. The van der Waals surface area contributed by atoms with Crippen LogP contribution in [0.25, 0.3) is 0 Å². The molecule has 0 N–H and O–H groups in total.